The fourth-order valence-electron chi connectivity index (χ4n) is 3.40. The molecule has 1 heterocycles. The third kappa shape index (κ3) is 4.25. The van der Waals surface area contributed by atoms with Gasteiger partial charge in [-0.05, 0) is 58.9 Å². The van der Waals surface area contributed by atoms with Crippen LogP contribution in [0.25, 0.3) is 0 Å². The van der Waals surface area contributed by atoms with E-state index < -0.39 is 0 Å². The number of nitrogens with zero attached hydrogens (tertiary/aromatic N) is 2. The second-order valence-corrected chi connectivity index (χ2v) is 6.51. The lowest BCUT2D eigenvalue weighted by atomic mass is 9.93. The van der Waals surface area contributed by atoms with Crippen molar-refractivity contribution < 1.29 is 4.39 Å². The number of likely N-dealkylation sites (tertiary alicyclic amines) is 1. The van der Waals surface area contributed by atoms with E-state index in [-0.39, 0.29) is 17.9 Å². The van der Waals surface area contributed by atoms with Gasteiger partial charge in [0.25, 0.3) is 0 Å². The fraction of sp³-hybridized carbons (Fsp3) is 0.647. The molecular weight excluding hydrogens is 265 g/mol. The molecule has 2 unspecified atom stereocenters. The molecule has 0 radical (unpaired) electrons. The maximum Gasteiger partial charge on any atom is 0.128 e. The average molecular weight is 293 g/mol. The Balaban J connectivity index is 2.06. The number of benzene rings is 1. The smallest absolute Gasteiger partial charge is 0.128 e. The predicted octanol–water partition coefficient (Wildman–Crippen LogP) is 2.49. The summed E-state index contributed by atoms with van der Waals surface area (Å²) in [5.74, 6) is 0.522. The third-order valence-electron chi connectivity index (χ3n) is 4.58. The van der Waals surface area contributed by atoms with E-state index in [1.807, 2.05) is 19.1 Å². The summed E-state index contributed by atoms with van der Waals surface area (Å²) in [4.78, 5) is 4.61. The number of piperidine rings is 1. The van der Waals surface area contributed by atoms with Crippen LogP contribution in [0.3, 0.4) is 0 Å². The molecule has 1 aromatic rings. The summed E-state index contributed by atoms with van der Waals surface area (Å²) in [5, 5.41) is 0. The van der Waals surface area contributed by atoms with Crippen molar-refractivity contribution in [3.05, 3.63) is 35.6 Å². The first-order valence-electron chi connectivity index (χ1n) is 7.88. The minimum absolute atomic E-state index is 0.0640. The zero-order chi connectivity index (χ0) is 15.4. The number of halogens is 1. The van der Waals surface area contributed by atoms with Gasteiger partial charge in [0.2, 0.25) is 0 Å². The van der Waals surface area contributed by atoms with Crippen LogP contribution in [0, 0.1) is 11.7 Å². The molecule has 0 saturated carbocycles. The Bertz CT molecular complexity index is 441. The molecular formula is C17H28FN3. The van der Waals surface area contributed by atoms with Gasteiger partial charge < -0.3 is 10.6 Å². The van der Waals surface area contributed by atoms with Crippen molar-refractivity contribution in [2.75, 3.05) is 33.7 Å². The van der Waals surface area contributed by atoms with E-state index in [0.717, 1.165) is 19.6 Å². The molecule has 118 valence electrons. The molecule has 0 bridgehead atoms. The highest BCUT2D eigenvalue weighted by atomic mass is 19.1. The van der Waals surface area contributed by atoms with Crippen LogP contribution < -0.4 is 5.73 Å². The maximum absolute atomic E-state index is 14.1. The van der Waals surface area contributed by atoms with Crippen LogP contribution in [0.4, 0.5) is 4.39 Å². The van der Waals surface area contributed by atoms with Crippen LogP contribution in [0.2, 0.25) is 0 Å². The standard InChI is InChI=1S/C17H28FN3/c1-13(19)17(15-6-4-5-7-16(15)18)21(3)12-14-8-10-20(2)11-9-14/h4-7,13-14,17H,8-12,19H2,1-3H3. The highest BCUT2D eigenvalue weighted by Gasteiger charge is 2.27. The first kappa shape index (κ1) is 16.4. The average Bonchev–Trinajstić information content (AvgIpc) is 2.43. The summed E-state index contributed by atoms with van der Waals surface area (Å²) in [6, 6.07) is 6.83. The molecule has 1 aliphatic heterocycles. The van der Waals surface area contributed by atoms with Gasteiger partial charge in [0.05, 0.1) is 6.04 Å². The molecule has 1 fully saturated rings. The normalized spacial score (nSPS) is 20.7. The van der Waals surface area contributed by atoms with Crippen LogP contribution in [0.1, 0.15) is 31.4 Å². The molecule has 2 atom stereocenters. The summed E-state index contributed by atoms with van der Waals surface area (Å²) < 4.78 is 14.1. The van der Waals surface area contributed by atoms with Crippen molar-refractivity contribution >= 4 is 0 Å². The SMILES string of the molecule is CC(N)C(c1ccccc1F)N(C)CC1CCN(C)CC1. The molecule has 4 heteroatoms. The molecule has 0 spiro atoms. The van der Waals surface area contributed by atoms with E-state index in [1.165, 1.54) is 18.9 Å². The molecule has 0 aromatic heterocycles. The van der Waals surface area contributed by atoms with Crippen molar-refractivity contribution in [3.63, 3.8) is 0 Å². The highest BCUT2D eigenvalue weighted by molar-refractivity contribution is 5.22. The Morgan fingerprint density at radius 1 is 1.33 bits per heavy atom. The molecule has 1 aromatic carbocycles. The lowest BCUT2D eigenvalue weighted by molar-refractivity contribution is 0.138. The molecule has 21 heavy (non-hydrogen) atoms. The first-order valence-corrected chi connectivity index (χ1v) is 7.88. The minimum Gasteiger partial charge on any atom is -0.326 e. The number of hydrogen-bond acceptors (Lipinski definition) is 3. The number of hydrogen-bond donors (Lipinski definition) is 1. The molecule has 1 aliphatic rings. The zero-order valence-corrected chi connectivity index (χ0v) is 13.4. The van der Waals surface area contributed by atoms with Crippen molar-refractivity contribution in [1.29, 1.82) is 0 Å². The topological polar surface area (TPSA) is 32.5 Å². The van der Waals surface area contributed by atoms with Gasteiger partial charge in [0.15, 0.2) is 0 Å². The van der Waals surface area contributed by atoms with Crippen LogP contribution in [-0.4, -0.2) is 49.6 Å². The predicted molar refractivity (Wildman–Crippen MR) is 85.6 cm³/mol. The van der Waals surface area contributed by atoms with Gasteiger partial charge in [-0.1, -0.05) is 18.2 Å². The Morgan fingerprint density at radius 2 is 1.95 bits per heavy atom. The third-order valence-corrected chi connectivity index (χ3v) is 4.58. The summed E-state index contributed by atoms with van der Waals surface area (Å²) >= 11 is 0. The van der Waals surface area contributed by atoms with Gasteiger partial charge >= 0.3 is 0 Å². The lowest BCUT2D eigenvalue weighted by Gasteiger charge is -2.36. The lowest BCUT2D eigenvalue weighted by Crippen LogP contribution is -2.42. The molecule has 1 saturated heterocycles. The monoisotopic (exact) mass is 293 g/mol. The molecule has 2 N–H and O–H groups in total. The van der Waals surface area contributed by atoms with Gasteiger partial charge in [-0.25, -0.2) is 4.39 Å². The summed E-state index contributed by atoms with van der Waals surface area (Å²) in [6.07, 6.45) is 2.42. The summed E-state index contributed by atoms with van der Waals surface area (Å²) in [6.45, 7) is 5.25. The summed E-state index contributed by atoms with van der Waals surface area (Å²) in [5.41, 5.74) is 6.86. The van der Waals surface area contributed by atoms with E-state index >= 15 is 0 Å². The van der Waals surface area contributed by atoms with Crippen LogP contribution >= 0.6 is 0 Å². The fourth-order valence-corrected chi connectivity index (χ4v) is 3.40. The van der Waals surface area contributed by atoms with Crippen molar-refractivity contribution in [1.82, 2.24) is 9.80 Å². The second-order valence-electron chi connectivity index (χ2n) is 6.51. The quantitative estimate of drug-likeness (QED) is 0.905. The Hall–Kier alpha value is -0.970. The van der Waals surface area contributed by atoms with Gasteiger partial charge in [-0.15, -0.1) is 0 Å². The largest absolute Gasteiger partial charge is 0.326 e. The number of likely N-dealkylation sites (N-methyl/N-ethyl adjacent to an activating group) is 1. The van der Waals surface area contributed by atoms with Crippen LogP contribution in [0.5, 0.6) is 0 Å². The van der Waals surface area contributed by atoms with Crippen molar-refractivity contribution in [2.24, 2.45) is 11.7 Å². The molecule has 0 amide bonds. The Labute approximate surface area is 127 Å². The van der Waals surface area contributed by atoms with E-state index in [0.29, 0.717) is 11.5 Å². The molecule has 3 nitrogen and oxygen atoms in total. The summed E-state index contributed by atoms with van der Waals surface area (Å²) in [7, 11) is 4.24. The second kappa shape index (κ2) is 7.34. The van der Waals surface area contributed by atoms with Crippen molar-refractivity contribution in [2.45, 2.75) is 31.8 Å². The van der Waals surface area contributed by atoms with Crippen LogP contribution in [0.15, 0.2) is 24.3 Å². The highest BCUT2D eigenvalue weighted by Crippen LogP contribution is 2.27. The van der Waals surface area contributed by atoms with E-state index in [9.17, 15) is 4.39 Å². The van der Waals surface area contributed by atoms with Crippen molar-refractivity contribution in [3.8, 4) is 0 Å². The Morgan fingerprint density at radius 3 is 2.52 bits per heavy atom. The zero-order valence-electron chi connectivity index (χ0n) is 13.4. The van der Waals surface area contributed by atoms with E-state index in [4.69, 9.17) is 5.73 Å². The van der Waals surface area contributed by atoms with Gasteiger partial charge in [0.1, 0.15) is 5.82 Å². The van der Waals surface area contributed by atoms with Gasteiger partial charge in [-0.2, -0.15) is 0 Å². The Kier molecular flexibility index (Phi) is 5.73. The van der Waals surface area contributed by atoms with Gasteiger partial charge in [0, 0.05) is 18.2 Å². The van der Waals surface area contributed by atoms with E-state index in [2.05, 4.69) is 23.9 Å². The van der Waals surface area contributed by atoms with Gasteiger partial charge in [-0.3, -0.25) is 4.90 Å². The number of nitrogens with two attached hydrogens (primary N) is 1. The maximum atomic E-state index is 14.1. The molecule has 0 aliphatic carbocycles. The first-order chi connectivity index (χ1) is 9.99. The van der Waals surface area contributed by atoms with E-state index in [1.54, 1.807) is 6.07 Å². The van der Waals surface area contributed by atoms with Crippen LogP contribution in [-0.2, 0) is 0 Å². The number of rotatable bonds is 5. The molecule has 2 rings (SSSR count). The minimum atomic E-state index is -0.157.